The second-order valence-electron chi connectivity index (χ2n) is 6.19. The highest BCUT2D eigenvalue weighted by molar-refractivity contribution is 7.89. The molecular formula is C18H16Cl2FNO6S. The number of carbonyl (C=O) groups is 1. The van der Waals surface area contributed by atoms with Gasteiger partial charge in [0.25, 0.3) is 0 Å². The number of carbonyl (C=O) groups excluding carboxylic acids is 1. The molecule has 0 aliphatic carbocycles. The average molecular weight is 464 g/mol. The van der Waals surface area contributed by atoms with Crippen LogP contribution in [0.25, 0.3) is 0 Å². The normalized spacial score (nSPS) is 14.6. The van der Waals surface area contributed by atoms with Crippen LogP contribution in [0.2, 0.25) is 10.0 Å². The summed E-state index contributed by atoms with van der Waals surface area (Å²) in [4.78, 5) is 12.1. The smallest absolute Gasteiger partial charge is 0.324 e. The lowest BCUT2D eigenvalue weighted by Crippen LogP contribution is -2.39. The van der Waals surface area contributed by atoms with Crippen molar-refractivity contribution < 1.29 is 31.8 Å². The number of fused-ring (bicyclic) bond motifs is 1. The number of hydrogen-bond donors (Lipinski definition) is 1. The van der Waals surface area contributed by atoms with Crippen LogP contribution in [0.3, 0.4) is 0 Å². The van der Waals surface area contributed by atoms with E-state index < -0.39 is 27.9 Å². The molecular weight excluding hydrogens is 448 g/mol. The van der Waals surface area contributed by atoms with Crippen LogP contribution >= 0.6 is 23.2 Å². The fourth-order valence-corrected chi connectivity index (χ4v) is 4.21. The quantitative estimate of drug-likeness (QED) is 0.660. The molecule has 7 nitrogen and oxygen atoms in total. The van der Waals surface area contributed by atoms with Crippen LogP contribution in [-0.2, 0) is 37.5 Å². The van der Waals surface area contributed by atoms with Crippen LogP contribution in [0.5, 0.6) is 5.75 Å². The van der Waals surface area contributed by atoms with Gasteiger partial charge in [-0.15, -0.1) is 0 Å². The Kier molecular flexibility index (Phi) is 6.65. The zero-order valence-electron chi connectivity index (χ0n) is 15.1. The SMILES string of the molecule is C[C@H](NS(=O)(=O)c1ccc(Cl)c(Cl)c1)C(=O)OCc1cc(F)cc2c1OCOC2. The van der Waals surface area contributed by atoms with Gasteiger partial charge in [0.15, 0.2) is 6.79 Å². The predicted molar refractivity (Wildman–Crippen MR) is 103 cm³/mol. The lowest BCUT2D eigenvalue weighted by atomic mass is 10.1. The highest BCUT2D eigenvalue weighted by Gasteiger charge is 2.25. The van der Waals surface area contributed by atoms with Crippen molar-refractivity contribution in [1.82, 2.24) is 4.72 Å². The van der Waals surface area contributed by atoms with Crippen LogP contribution in [-0.4, -0.2) is 27.2 Å². The van der Waals surface area contributed by atoms with Crippen LogP contribution < -0.4 is 9.46 Å². The average Bonchev–Trinajstić information content (AvgIpc) is 2.67. The molecule has 11 heteroatoms. The van der Waals surface area contributed by atoms with Gasteiger partial charge in [0.05, 0.1) is 21.5 Å². The van der Waals surface area contributed by atoms with Crippen molar-refractivity contribution in [2.24, 2.45) is 0 Å². The highest BCUT2D eigenvalue weighted by atomic mass is 35.5. The molecule has 0 unspecified atom stereocenters. The van der Waals surface area contributed by atoms with Crippen molar-refractivity contribution in [2.75, 3.05) is 6.79 Å². The Morgan fingerprint density at radius 2 is 2.03 bits per heavy atom. The topological polar surface area (TPSA) is 90.9 Å². The molecule has 1 atom stereocenters. The van der Waals surface area contributed by atoms with E-state index in [-0.39, 0.29) is 34.9 Å². The van der Waals surface area contributed by atoms with E-state index in [1.807, 2.05) is 0 Å². The number of sulfonamides is 1. The minimum Gasteiger partial charge on any atom is -0.467 e. The van der Waals surface area contributed by atoms with Crippen LogP contribution in [0.4, 0.5) is 4.39 Å². The van der Waals surface area contributed by atoms with E-state index >= 15 is 0 Å². The monoisotopic (exact) mass is 463 g/mol. The van der Waals surface area contributed by atoms with Gasteiger partial charge in [-0.25, -0.2) is 12.8 Å². The van der Waals surface area contributed by atoms with E-state index in [0.29, 0.717) is 16.9 Å². The molecule has 156 valence electrons. The summed E-state index contributed by atoms with van der Waals surface area (Å²) < 4.78 is 56.4. The Labute approximate surface area is 176 Å². The summed E-state index contributed by atoms with van der Waals surface area (Å²) in [5.74, 6) is -0.995. The molecule has 2 aromatic carbocycles. The number of esters is 1. The van der Waals surface area contributed by atoms with Gasteiger partial charge in [0.2, 0.25) is 10.0 Å². The first-order valence-electron chi connectivity index (χ1n) is 8.33. The standard InChI is InChI=1S/C18H16Cl2FNO6S/c1-10(22-29(24,25)14-2-3-15(19)16(20)6-14)18(23)27-8-12-5-13(21)4-11-7-26-9-28-17(11)12/h2-6,10,22H,7-9H2,1H3/t10-/m0/s1. The van der Waals surface area contributed by atoms with E-state index in [1.165, 1.54) is 37.3 Å². The van der Waals surface area contributed by atoms with Crippen molar-refractivity contribution in [3.05, 3.63) is 57.3 Å². The van der Waals surface area contributed by atoms with Gasteiger partial charge >= 0.3 is 5.97 Å². The van der Waals surface area contributed by atoms with Crippen LogP contribution in [0.1, 0.15) is 18.1 Å². The number of ether oxygens (including phenoxy) is 3. The molecule has 1 heterocycles. The van der Waals surface area contributed by atoms with Gasteiger partial charge < -0.3 is 14.2 Å². The molecule has 0 aromatic heterocycles. The maximum Gasteiger partial charge on any atom is 0.324 e. The van der Waals surface area contributed by atoms with Crippen molar-refractivity contribution in [3.8, 4) is 5.75 Å². The van der Waals surface area contributed by atoms with E-state index in [0.717, 1.165) is 0 Å². The molecule has 29 heavy (non-hydrogen) atoms. The molecule has 0 spiro atoms. The van der Waals surface area contributed by atoms with Gasteiger partial charge in [0.1, 0.15) is 24.2 Å². The number of nitrogens with one attached hydrogen (secondary N) is 1. The fraction of sp³-hybridized carbons (Fsp3) is 0.278. The molecule has 0 amide bonds. The minimum atomic E-state index is -4.04. The molecule has 0 saturated heterocycles. The molecule has 1 N–H and O–H groups in total. The minimum absolute atomic E-state index is 0.000563. The third-order valence-corrected chi connectivity index (χ3v) is 6.29. The predicted octanol–water partition coefficient (Wildman–Crippen LogP) is 3.41. The number of hydrogen-bond acceptors (Lipinski definition) is 6. The summed E-state index contributed by atoms with van der Waals surface area (Å²) in [5, 5.41) is 0.258. The molecule has 2 aromatic rings. The Balaban J connectivity index is 1.67. The van der Waals surface area contributed by atoms with Gasteiger partial charge in [-0.2, -0.15) is 4.72 Å². The molecule has 0 bridgehead atoms. The first-order valence-corrected chi connectivity index (χ1v) is 10.6. The Hall–Kier alpha value is -1.91. The summed E-state index contributed by atoms with van der Waals surface area (Å²) in [6.07, 6.45) is 0. The number of halogens is 3. The van der Waals surface area contributed by atoms with Gasteiger partial charge in [-0.05, 0) is 37.3 Å². The molecule has 3 rings (SSSR count). The third kappa shape index (κ3) is 5.18. The molecule has 0 fully saturated rings. The molecule has 1 aliphatic rings. The maximum atomic E-state index is 13.7. The largest absolute Gasteiger partial charge is 0.467 e. The van der Waals surface area contributed by atoms with E-state index in [9.17, 15) is 17.6 Å². The van der Waals surface area contributed by atoms with Crippen molar-refractivity contribution in [2.45, 2.75) is 31.1 Å². The first-order chi connectivity index (χ1) is 13.7. The van der Waals surface area contributed by atoms with Crippen LogP contribution in [0, 0.1) is 5.82 Å². The Bertz CT molecular complexity index is 1050. The summed E-state index contributed by atoms with van der Waals surface area (Å²) in [7, 11) is -4.04. The van der Waals surface area contributed by atoms with Crippen LogP contribution in [0.15, 0.2) is 35.2 Å². The van der Waals surface area contributed by atoms with Crippen molar-refractivity contribution in [1.29, 1.82) is 0 Å². The Morgan fingerprint density at radius 3 is 2.76 bits per heavy atom. The third-order valence-electron chi connectivity index (χ3n) is 4.01. The summed E-state index contributed by atoms with van der Waals surface area (Å²) in [6.45, 7) is 1.20. The first kappa shape index (κ1) is 21.8. The molecule has 0 saturated carbocycles. The second kappa shape index (κ2) is 8.85. The zero-order chi connectivity index (χ0) is 21.2. The summed E-state index contributed by atoms with van der Waals surface area (Å²) in [6, 6.07) is 5.01. The number of benzene rings is 2. The van der Waals surface area contributed by atoms with E-state index in [1.54, 1.807) is 0 Å². The van der Waals surface area contributed by atoms with Gasteiger partial charge in [-0.1, -0.05) is 23.2 Å². The lowest BCUT2D eigenvalue weighted by Gasteiger charge is -2.21. The van der Waals surface area contributed by atoms with Gasteiger partial charge in [0, 0.05) is 11.1 Å². The van der Waals surface area contributed by atoms with Crippen molar-refractivity contribution in [3.63, 3.8) is 0 Å². The fourth-order valence-electron chi connectivity index (χ4n) is 2.63. The van der Waals surface area contributed by atoms with E-state index in [4.69, 9.17) is 37.4 Å². The van der Waals surface area contributed by atoms with E-state index in [2.05, 4.69) is 4.72 Å². The Morgan fingerprint density at radius 1 is 1.28 bits per heavy atom. The molecule has 1 aliphatic heterocycles. The second-order valence-corrected chi connectivity index (χ2v) is 8.72. The summed E-state index contributed by atoms with van der Waals surface area (Å²) in [5.41, 5.74) is 0.812. The zero-order valence-corrected chi connectivity index (χ0v) is 17.4. The van der Waals surface area contributed by atoms with Crippen molar-refractivity contribution >= 4 is 39.2 Å². The maximum absolute atomic E-state index is 13.7. The lowest BCUT2D eigenvalue weighted by molar-refractivity contribution is -0.146. The molecule has 0 radical (unpaired) electrons. The number of rotatable bonds is 6. The highest BCUT2D eigenvalue weighted by Crippen LogP contribution is 2.30. The summed E-state index contributed by atoms with van der Waals surface area (Å²) >= 11 is 11.6. The van der Waals surface area contributed by atoms with Gasteiger partial charge in [-0.3, -0.25) is 4.79 Å².